The molecule has 0 saturated carbocycles. The molecule has 0 spiro atoms. The third kappa shape index (κ3) is 8.43. The average molecular weight is 492 g/mol. The van der Waals surface area contributed by atoms with Crippen molar-refractivity contribution in [2.24, 2.45) is 5.92 Å². The van der Waals surface area contributed by atoms with E-state index >= 15 is 0 Å². The Hall–Kier alpha value is -1.53. The van der Waals surface area contributed by atoms with Crippen LogP contribution in [0.3, 0.4) is 0 Å². The van der Waals surface area contributed by atoms with E-state index in [1.165, 1.54) is 21.0 Å². The number of carbonyl (C=O) groups excluding carboxylic acids is 1. The summed E-state index contributed by atoms with van der Waals surface area (Å²) in [5.41, 5.74) is -1.06. The second-order valence-electron chi connectivity index (χ2n) is 8.80. The molecule has 0 aromatic heterocycles. The van der Waals surface area contributed by atoms with Gasteiger partial charge in [0.15, 0.2) is 9.84 Å². The maximum absolute atomic E-state index is 13.1. The van der Waals surface area contributed by atoms with E-state index in [2.05, 4.69) is 5.32 Å². The highest BCUT2D eigenvalue weighted by Gasteiger charge is 2.43. The predicted octanol–water partition coefficient (Wildman–Crippen LogP) is 1.01. The highest BCUT2D eigenvalue weighted by molar-refractivity contribution is 7.91. The molecule has 184 valence electrons. The lowest BCUT2D eigenvalue weighted by molar-refractivity contribution is -0.121. The van der Waals surface area contributed by atoms with E-state index in [0.29, 0.717) is 0 Å². The Morgan fingerprint density at radius 2 is 1.66 bits per heavy atom. The van der Waals surface area contributed by atoms with Gasteiger partial charge in [-0.2, -0.15) is 17.0 Å². The highest BCUT2D eigenvalue weighted by Crippen LogP contribution is 2.27. The summed E-state index contributed by atoms with van der Waals surface area (Å²) in [5, 5.41) is 13.4. The Morgan fingerprint density at radius 3 is 2.12 bits per heavy atom. The fourth-order valence-electron chi connectivity index (χ4n) is 3.12. The number of nitrogens with one attached hydrogen (secondary N) is 1. The lowest BCUT2D eigenvalue weighted by atomic mass is 9.98. The molecule has 0 bridgehead atoms. The molecule has 1 aromatic carbocycles. The quantitative estimate of drug-likeness (QED) is 0.397. The number of hydrogen-bond acceptors (Lipinski definition) is 6. The van der Waals surface area contributed by atoms with Crippen LogP contribution in [0, 0.1) is 5.92 Å². The summed E-state index contributed by atoms with van der Waals surface area (Å²) in [5.74, 6) is -0.534. The molecule has 2 unspecified atom stereocenters. The maximum Gasteiger partial charge on any atom is 0.283 e. The molecule has 1 rings (SSSR count). The Labute approximate surface area is 192 Å². The first-order valence-electron chi connectivity index (χ1n) is 10.5. The lowest BCUT2D eigenvalue weighted by Gasteiger charge is -2.41. The molecule has 9 nitrogen and oxygen atoms in total. The van der Waals surface area contributed by atoms with Crippen LogP contribution in [0.2, 0.25) is 0 Å². The number of aliphatic hydroxyl groups is 1. The average Bonchev–Trinajstić information content (AvgIpc) is 2.65. The minimum atomic E-state index is -3.98. The first-order valence-corrected chi connectivity index (χ1v) is 13.9. The van der Waals surface area contributed by atoms with Gasteiger partial charge < -0.3 is 10.4 Å². The van der Waals surface area contributed by atoms with Gasteiger partial charge in [-0.15, -0.1) is 0 Å². The highest BCUT2D eigenvalue weighted by atomic mass is 32.2. The summed E-state index contributed by atoms with van der Waals surface area (Å²) >= 11 is 0. The summed E-state index contributed by atoms with van der Waals surface area (Å²) in [4.78, 5) is 12.2. The van der Waals surface area contributed by atoms with Crippen molar-refractivity contribution in [1.29, 1.82) is 0 Å². The summed E-state index contributed by atoms with van der Waals surface area (Å²) < 4.78 is 51.5. The van der Waals surface area contributed by atoms with Crippen LogP contribution in [0.5, 0.6) is 0 Å². The van der Waals surface area contributed by atoms with Crippen LogP contribution in [-0.2, 0) is 31.3 Å². The molecular weight excluding hydrogens is 454 g/mol. The standard InChI is InChI=1S/C21H37N3O6S2/c1-17(2)16-24(32(29,30)23(4)5)21(26,15-19-10-8-7-9-11-19)12-13-22-20(25)14-18(3)31(6,27)28/h7-11,17-18,26H,12-16H2,1-6H3,(H,22,25). The molecule has 2 atom stereocenters. The minimum Gasteiger partial charge on any atom is -0.374 e. The zero-order chi connectivity index (χ0) is 24.7. The Morgan fingerprint density at radius 1 is 1.09 bits per heavy atom. The fourth-order valence-corrected chi connectivity index (χ4v) is 5.04. The smallest absolute Gasteiger partial charge is 0.283 e. The molecule has 11 heteroatoms. The third-order valence-corrected chi connectivity index (χ3v) is 8.71. The van der Waals surface area contributed by atoms with Gasteiger partial charge >= 0.3 is 0 Å². The van der Waals surface area contributed by atoms with E-state index in [1.54, 1.807) is 24.3 Å². The van der Waals surface area contributed by atoms with Gasteiger partial charge in [0.25, 0.3) is 10.2 Å². The number of sulfone groups is 1. The largest absolute Gasteiger partial charge is 0.374 e. The molecule has 1 amide bonds. The van der Waals surface area contributed by atoms with Crippen LogP contribution in [0.15, 0.2) is 30.3 Å². The lowest BCUT2D eigenvalue weighted by Crippen LogP contribution is -2.58. The second-order valence-corrected chi connectivity index (χ2v) is 13.3. The first-order chi connectivity index (χ1) is 14.6. The maximum atomic E-state index is 13.1. The van der Waals surface area contributed by atoms with Crippen molar-refractivity contribution in [1.82, 2.24) is 13.9 Å². The van der Waals surface area contributed by atoms with Crippen LogP contribution in [0.1, 0.15) is 39.2 Å². The van der Waals surface area contributed by atoms with Gasteiger partial charge in [0.1, 0.15) is 5.72 Å². The van der Waals surface area contributed by atoms with Crippen molar-refractivity contribution in [2.75, 3.05) is 33.4 Å². The van der Waals surface area contributed by atoms with Gasteiger partial charge in [-0.3, -0.25) is 4.79 Å². The van der Waals surface area contributed by atoms with Crippen molar-refractivity contribution < 1.29 is 26.7 Å². The van der Waals surface area contributed by atoms with Crippen molar-refractivity contribution in [3.63, 3.8) is 0 Å². The third-order valence-electron chi connectivity index (χ3n) is 5.12. The van der Waals surface area contributed by atoms with Gasteiger partial charge in [-0.1, -0.05) is 44.2 Å². The van der Waals surface area contributed by atoms with E-state index in [4.69, 9.17) is 0 Å². The van der Waals surface area contributed by atoms with Crippen LogP contribution in [-0.4, -0.2) is 80.9 Å². The van der Waals surface area contributed by atoms with Crippen molar-refractivity contribution >= 4 is 26.0 Å². The zero-order valence-electron chi connectivity index (χ0n) is 19.8. The monoisotopic (exact) mass is 491 g/mol. The van der Waals surface area contributed by atoms with Crippen molar-refractivity contribution in [2.45, 2.75) is 51.0 Å². The van der Waals surface area contributed by atoms with Crippen molar-refractivity contribution in [3.05, 3.63) is 35.9 Å². The Balaban J connectivity index is 3.16. The Bertz CT molecular complexity index is 949. The molecule has 0 fully saturated rings. The van der Waals surface area contributed by atoms with Gasteiger partial charge in [-0.05, 0) is 18.4 Å². The predicted molar refractivity (Wildman–Crippen MR) is 126 cm³/mol. The van der Waals surface area contributed by atoms with Crippen LogP contribution in [0.4, 0.5) is 0 Å². The normalized spacial score (nSPS) is 15.7. The second kappa shape index (κ2) is 11.6. The van der Waals surface area contributed by atoms with Crippen LogP contribution < -0.4 is 5.32 Å². The molecule has 0 saturated heterocycles. The van der Waals surface area contributed by atoms with E-state index < -0.39 is 36.9 Å². The molecule has 2 N–H and O–H groups in total. The first kappa shape index (κ1) is 28.5. The molecular formula is C21H37N3O6S2. The summed E-state index contributed by atoms with van der Waals surface area (Å²) in [7, 11) is -4.52. The molecule has 0 heterocycles. The molecule has 1 aromatic rings. The van der Waals surface area contributed by atoms with Crippen LogP contribution in [0.25, 0.3) is 0 Å². The van der Waals surface area contributed by atoms with E-state index in [0.717, 1.165) is 20.4 Å². The number of hydrogen-bond donors (Lipinski definition) is 2. The van der Waals surface area contributed by atoms with Gasteiger partial charge in [0.2, 0.25) is 5.91 Å². The van der Waals surface area contributed by atoms with E-state index in [9.17, 15) is 26.7 Å². The Kier molecular flexibility index (Phi) is 10.3. The van der Waals surface area contributed by atoms with Crippen LogP contribution >= 0.6 is 0 Å². The summed E-state index contributed by atoms with van der Waals surface area (Å²) in [6, 6.07) is 9.03. The van der Waals surface area contributed by atoms with Gasteiger partial charge in [0, 0.05) is 52.7 Å². The zero-order valence-corrected chi connectivity index (χ0v) is 21.4. The minimum absolute atomic E-state index is 0.0177. The molecule has 0 radical (unpaired) electrons. The number of rotatable bonds is 13. The number of nitrogens with zero attached hydrogens (tertiary/aromatic N) is 2. The van der Waals surface area contributed by atoms with Gasteiger partial charge in [0.05, 0.1) is 5.25 Å². The fraction of sp³-hybridized carbons (Fsp3) is 0.667. The van der Waals surface area contributed by atoms with E-state index in [-0.39, 0.29) is 38.3 Å². The number of amides is 1. The molecule has 32 heavy (non-hydrogen) atoms. The number of carbonyl (C=O) groups is 1. The number of benzene rings is 1. The topological polar surface area (TPSA) is 124 Å². The van der Waals surface area contributed by atoms with Crippen molar-refractivity contribution in [3.8, 4) is 0 Å². The van der Waals surface area contributed by atoms with Gasteiger partial charge in [-0.25, -0.2) is 8.42 Å². The molecule has 0 aliphatic carbocycles. The SMILES string of the molecule is CC(C)CN(C(O)(CCNC(=O)CC(C)S(C)(=O)=O)Cc1ccccc1)S(=O)(=O)N(C)C. The summed E-state index contributed by atoms with van der Waals surface area (Å²) in [6.45, 7) is 5.23. The molecule has 0 aliphatic heterocycles. The molecule has 0 aliphatic rings. The van der Waals surface area contributed by atoms with E-state index in [1.807, 2.05) is 19.9 Å². The summed E-state index contributed by atoms with van der Waals surface area (Å²) in [6.07, 6.45) is 0.824.